The molecule has 0 heterocycles. The van der Waals surface area contributed by atoms with E-state index >= 15 is 0 Å². The van der Waals surface area contributed by atoms with Crippen LogP contribution in [0.3, 0.4) is 0 Å². The molecule has 0 aromatic heterocycles. The zero-order valence-electron chi connectivity index (χ0n) is 11.4. The minimum Gasteiger partial charge on any atom is -0.0843 e. The summed E-state index contributed by atoms with van der Waals surface area (Å²) < 4.78 is 0. The van der Waals surface area contributed by atoms with Crippen LogP contribution in [0.2, 0.25) is 5.02 Å². The lowest BCUT2D eigenvalue weighted by molar-refractivity contribution is 0.327. The summed E-state index contributed by atoms with van der Waals surface area (Å²) in [6.07, 6.45) is 5.58. The van der Waals surface area contributed by atoms with Crippen molar-refractivity contribution in [3.05, 3.63) is 58.6 Å². The molecule has 0 amide bonds. The third-order valence-corrected chi connectivity index (χ3v) is 6.24. The number of benzene rings is 2. The SMILES string of the molecule is Clc1ccc2c(c1)[C@]1(CC3CCC1C3)c1ccccc1-2. The maximum absolute atomic E-state index is 6.33. The van der Waals surface area contributed by atoms with E-state index in [-0.39, 0.29) is 5.41 Å². The second-order valence-corrected chi connectivity index (χ2v) is 7.22. The Labute approximate surface area is 124 Å². The molecule has 0 saturated heterocycles. The maximum Gasteiger partial charge on any atom is 0.0409 e. The molecule has 0 N–H and O–H groups in total. The van der Waals surface area contributed by atoms with E-state index in [0.717, 1.165) is 16.9 Å². The molecule has 1 heteroatoms. The van der Waals surface area contributed by atoms with Gasteiger partial charge in [-0.3, -0.25) is 0 Å². The van der Waals surface area contributed by atoms with Gasteiger partial charge in [-0.15, -0.1) is 0 Å². The Balaban J connectivity index is 1.86. The average molecular weight is 281 g/mol. The lowest BCUT2D eigenvalue weighted by Gasteiger charge is -2.36. The molecule has 2 aromatic carbocycles. The van der Waals surface area contributed by atoms with Gasteiger partial charge < -0.3 is 0 Å². The molecule has 0 aliphatic heterocycles. The Morgan fingerprint density at radius 2 is 1.80 bits per heavy atom. The first-order chi connectivity index (χ1) is 9.79. The van der Waals surface area contributed by atoms with Crippen molar-refractivity contribution in [2.45, 2.75) is 31.1 Å². The fourth-order valence-electron chi connectivity index (χ4n) is 5.36. The summed E-state index contributed by atoms with van der Waals surface area (Å²) in [6.45, 7) is 0. The highest BCUT2D eigenvalue weighted by Crippen LogP contribution is 2.65. The molecule has 5 rings (SSSR count). The van der Waals surface area contributed by atoms with Crippen LogP contribution >= 0.6 is 11.6 Å². The standard InChI is InChI=1S/C19H17Cl/c20-14-7-8-16-15-3-1-2-4-17(15)19(18(16)10-14)11-12-5-6-13(19)9-12/h1-4,7-8,10,12-13H,5-6,9,11H2/t12?,13?,19-/m0/s1. The average Bonchev–Trinajstić information content (AvgIpc) is 3.14. The lowest BCUT2D eigenvalue weighted by atomic mass is 9.67. The fraction of sp³-hybridized carbons (Fsp3) is 0.368. The minimum atomic E-state index is 0.278. The van der Waals surface area contributed by atoms with E-state index in [4.69, 9.17) is 11.6 Å². The Morgan fingerprint density at radius 3 is 2.60 bits per heavy atom. The van der Waals surface area contributed by atoms with Crippen LogP contribution in [0.4, 0.5) is 0 Å². The summed E-state index contributed by atoms with van der Waals surface area (Å²) in [7, 11) is 0. The first kappa shape index (κ1) is 11.4. The summed E-state index contributed by atoms with van der Waals surface area (Å²) in [5.41, 5.74) is 6.24. The van der Waals surface area contributed by atoms with Crippen molar-refractivity contribution >= 4 is 11.6 Å². The van der Waals surface area contributed by atoms with Crippen molar-refractivity contribution in [3.63, 3.8) is 0 Å². The number of hydrogen-bond acceptors (Lipinski definition) is 0. The van der Waals surface area contributed by atoms with Crippen LogP contribution in [0.15, 0.2) is 42.5 Å². The molecule has 3 aliphatic rings. The Hall–Kier alpha value is -1.27. The largest absolute Gasteiger partial charge is 0.0843 e. The number of fused-ring (bicyclic) bond motifs is 8. The predicted octanol–water partition coefficient (Wildman–Crippen LogP) is 5.43. The minimum absolute atomic E-state index is 0.278. The Bertz CT molecular complexity index is 717. The molecule has 2 saturated carbocycles. The van der Waals surface area contributed by atoms with E-state index in [1.807, 2.05) is 6.07 Å². The van der Waals surface area contributed by atoms with Gasteiger partial charge in [-0.05, 0) is 65.5 Å². The molecule has 2 bridgehead atoms. The first-order valence-corrected chi connectivity index (χ1v) is 8.07. The van der Waals surface area contributed by atoms with Gasteiger partial charge in [0.05, 0.1) is 0 Å². The fourth-order valence-corrected chi connectivity index (χ4v) is 5.53. The highest BCUT2D eigenvalue weighted by atomic mass is 35.5. The Kier molecular flexibility index (Phi) is 2.10. The number of halogens is 1. The van der Waals surface area contributed by atoms with Gasteiger partial charge in [0.15, 0.2) is 0 Å². The van der Waals surface area contributed by atoms with Gasteiger partial charge >= 0.3 is 0 Å². The Morgan fingerprint density at radius 1 is 0.950 bits per heavy atom. The summed E-state index contributed by atoms with van der Waals surface area (Å²) in [4.78, 5) is 0. The highest BCUT2D eigenvalue weighted by molar-refractivity contribution is 6.30. The van der Waals surface area contributed by atoms with Crippen molar-refractivity contribution in [1.82, 2.24) is 0 Å². The van der Waals surface area contributed by atoms with Crippen LogP contribution in [0, 0.1) is 11.8 Å². The zero-order chi connectivity index (χ0) is 13.3. The van der Waals surface area contributed by atoms with E-state index in [1.54, 1.807) is 5.56 Å². The normalized spacial score (nSPS) is 32.6. The topological polar surface area (TPSA) is 0 Å². The second-order valence-electron chi connectivity index (χ2n) is 6.79. The molecule has 1 spiro atoms. The van der Waals surface area contributed by atoms with Gasteiger partial charge in [0.1, 0.15) is 0 Å². The van der Waals surface area contributed by atoms with Crippen LogP contribution in [-0.2, 0) is 5.41 Å². The zero-order valence-corrected chi connectivity index (χ0v) is 12.2. The summed E-state index contributed by atoms with van der Waals surface area (Å²) in [5, 5.41) is 0.888. The number of hydrogen-bond donors (Lipinski definition) is 0. The van der Waals surface area contributed by atoms with Crippen molar-refractivity contribution in [3.8, 4) is 11.1 Å². The van der Waals surface area contributed by atoms with Crippen LogP contribution in [0.1, 0.15) is 36.8 Å². The van der Waals surface area contributed by atoms with E-state index in [1.165, 1.54) is 42.4 Å². The van der Waals surface area contributed by atoms with E-state index in [9.17, 15) is 0 Å². The van der Waals surface area contributed by atoms with Crippen molar-refractivity contribution in [1.29, 1.82) is 0 Å². The van der Waals surface area contributed by atoms with Crippen LogP contribution in [-0.4, -0.2) is 0 Å². The van der Waals surface area contributed by atoms with Crippen LogP contribution < -0.4 is 0 Å². The highest BCUT2D eigenvalue weighted by Gasteiger charge is 2.56. The van der Waals surface area contributed by atoms with Gasteiger partial charge in [0, 0.05) is 10.4 Å². The molecular formula is C19H17Cl. The molecule has 2 fully saturated rings. The molecule has 3 aliphatic carbocycles. The molecule has 2 unspecified atom stereocenters. The third kappa shape index (κ3) is 1.20. The third-order valence-electron chi connectivity index (χ3n) is 6.01. The van der Waals surface area contributed by atoms with Crippen LogP contribution in [0.25, 0.3) is 11.1 Å². The van der Waals surface area contributed by atoms with Gasteiger partial charge in [-0.2, -0.15) is 0 Å². The van der Waals surface area contributed by atoms with Gasteiger partial charge in [0.2, 0.25) is 0 Å². The van der Waals surface area contributed by atoms with Crippen LogP contribution in [0.5, 0.6) is 0 Å². The summed E-state index contributed by atoms with van der Waals surface area (Å²) in [5.74, 6) is 1.76. The molecule has 100 valence electrons. The van der Waals surface area contributed by atoms with Crippen molar-refractivity contribution in [2.24, 2.45) is 11.8 Å². The summed E-state index contributed by atoms with van der Waals surface area (Å²) in [6, 6.07) is 15.6. The maximum atomic E-state index is 6.33. The monoisotopic (exact) mass is 280 g/mol. The molecule has 3 atom stereocenters. The van der Waals surface area contributed by atoms with Gasteiger partial charge in [0.25, 0.3) is 0 Å². The van der Waals surface area contributed by atoms with Gasteiger partial charge in [-0.25, -0.2) is 0 Å². The van der Waals surface area contributed by atoms with E-state index in [0.29, 0.717) is 0 Å². The smallest absolute Gasteiger partial charge is 0.0409 e. The lowest BCUT2D eigenvalue weighted by Crippen LogP contribution is -2.31. The van der Waals surface area contributed by atoms with Crippen molar-refractivity contribution in [2.75, 3.05) is 0 Å². The first-order valence-electron chi connectivity index (χ1n) is 7.69. The van der Waals surface area contributed by atoms with E-state index in [2.05, 4.69) is 36.4 Å². The predicted molar refractivity (Wildman–Crippen MR) is 83.1 cm³/mol. The molecule has 20 heavy (non-hydrogen) atoms. The van der Waals surface area contributed by atoms with Gasteiger partial charge in [-0.1, -0.05) is 48.4 Å². The van der Waals surface area contributed by atoms with Crippen molar-refractivity contribution < 1.29 is 0 Å². The molecule has 2 aromatic rings. The molecule has 0 nitrogen and oxygen atoms in total. The molecular weight excluding hydrogens is 264 g/mol. The summed E-state index contributed by atoms with van der Waals surface area (Å²) >= 11 is 6.33. The molecule has 0 radical (unpaired) electrons. The quantitative estimate of drug-likeness (QED) is 0.604. The second kappa shape index (κ2) is 3.68. The van der Waals surface area contributed by atoms with E-state index < -0.39 is 0 Å². The number of rotatable bonds is 0.